The molecule has 1 heterocycles. The third kappa shape index (κ3) is 3.79. The Morgan fingerprint density at radius 2 is 2.18 bits per heavy atom. The normalized spacial score (nSPS) is 13.0. The summed E-state index contributed by atoms with van der Waals surface area (Å²) in [6, 6.07) is 0.396. The SMILES string of the molecule is CCC(COC)NCc1c(Br)c(C)nn1CC. The maximum absolute atomic E-state index is 5.18. The Balaban J connectivity index is 2.67. The molecule has 0 saturated carbocycles. The van der Waals surface area contributed by atoms with Crippen molar-refractivity contribution in [2.24, 2.45) is 0 Å². The Bertz CT molecular complexity index is 352. The van der Waals surface area contributed by atoms with E-state index in [9.17, 15) is 0 Å². The van der Waals surface area contributed by atoms with Crippen molar-refractivity contribution in [3.05, 3.63) is 15.9 Å². The molecule has 1 N–H and O–H groups in total. The van der Waals surface area contributed by atoms with Gasteiger partial charge in [-0.2, -0.15) is 5.10 Å². The van der Waals surface area contributed by atoms with Gasteiger partial charge < -0.3 is 10.1 Å². The van der Waals surface area contributed by atoms with Gasteiger partial charge in [0.05, 0.1) is 22.5 Å². The van der Waals surface area contributed by atoms with Crippen molar-refractivity contribution >= 4 is 15.9 Å². The largest absolute Gasteiger partial charge is 0.383 e. The number of hydrogen-bond acceptors (Lipinski definition) is 3. The first kappa shape index (κ1) is 14.7. The Morgan fingerprint density at radius 1 is 1.47 bits per heavy atom. The topological polar surface area (TPSA) is 39.1 Å². The highest BCUT2D eigenvalue weighted by atomic mass is 79.9. The third-order valence-corrected chi connectivity index (χ3v) is 3.90. The molecule has 1 aromatic heterocycles. The molecule has 0 aliphatic rings. The predicted molar refractivity (Wildman–Crippen MR) is 73.1 cm³/mol. The summed E-state index contributed by atoms with van der Waals surface area (Å²) in [5.74, 6) is 0. The van der Waals surface area contributed by atoms with E-state index >= 15 is 0 Å². The Labute approximate surface area is 112 Å². The molecule has 1 rings (SSSR count). The van der Waals surface area contributed by atoms with Gasteiger partial charge in [0, 0.05) is 26.2 Å². The molecule has 0 saturated heterocycles. The first-order valence-electron chi connectivity index (χ1n) is 6.08. The van der Waals surface area contributed by atoms with E-state index in [0.717, 1.165) is 36.3 Å². The first-order valence-corrected chi connectivity index (χ1v) is 6.87. The van der Waals surface area contributed by atoms with Crippen LogP contribution in [-0.4, -0.2) is 29.5 Å². The molecule has 4 nitrogen and oxygen atoms in total. The van der Waals surface area contributed by atoms with Crippen LogP contribution < -0.4 is 5.32 Å². The molecule has 0 aliphatic carbocycles. The predicted octanol–water partition coefficient (Wildman–Crippen LogP) is 2.49. The van der Waals surface area contributed by atoms with Crippen LogP contribution in [0.15, 0.2) is 4.47 Å². The highest BCUT2D eigenvalue weighted by molar-refractivity contribution is 9.10. The van der Waals surface area contributed by atoms with Gasteiger partial charge in [0.1, 0.15) is 0 Å². The molecule has 98 valence electrons. The molecule has 17 heavy (non-hydrogen) atoms. The maximum atomic E-state index is 5.18. The minimum Gasteiger partial charge on any atom is -0.383 e. The van der Waals surface area contributed by atoms with Gasteiger partial charge in [0.25, 0.3) is 0 Å². The van der Waals surface area contributed by atoms with E-state index in [1.54, 1.807) is 7.11 Å². The van der Waals surface area contributed by atoms with Crippen LogP contribution in [0.5, 0.6) is 0 Å². The average molecular weight is 304 g/mol. The number of nitrogens with zero attached hydrogens (tertiary/aromatic N) is 2. The number of rotatable bonds is 7. The lowest BCUT2D eigenvalue weighted by Gasteiger charge is -2.16. The fourth-order valence-corrected chi connectivity index (χ4v) is 2.23. The number of halogens is 1. The third-order valence-electron chi connectivity index (χ3n) is 2.87. The summed E-state index contributed by atoms with van der Waals surface area (Å²) < 4.78 is 8.32. The van der Waals surface area contributed by atoms with E-state index in [4.69, 9.17) is 4.74 Å². The fourth-order valence-electron chi connectivity index (χ4n) is 1.80. The number of hydrogen-bond donors (Lipinski definition) is 1. The van der Waals surface area contributed by atoms with Crippen molar-refractivity contribution in [3.8, 4) is 0 Å². The molecule has 0 bridgehead atoms. The van der Waals surface area contributed by atoms with Gasteiger partial charge in [-0.3, -0.25) is 4.68 Å². The minimum atomic E-state index is 0.396. The van der Waals surface area contributed by atoms with Crippen LogP contribution in [0.1, 0.15) is 31.7 Å². The van der Waals surface area contributed by atoms with E-state index in [0.29, 0.717) is 6.04 Å². The number of ether oxygens (including phenoxy) is 1. The molecule has 0 radical (unpaired) electrons. The molecule has 0 aliphatic heterocycles. The van der Waals surface area contributed by atoms with Crippen LogP contribution in [0.25, 0.3) is 0 Å². The van der Waals surface area contributed by atoms with Crippen LogP contribution >= 0.6 is 15.9 Å². The maximum Gasteiger partial charge on any atom is 0.0739 e. The van der Waals surface area contributed by atoms with Crippen molar-refractivity contribution < 1.29 is 4.74 Å². The van der Waals surface area contributed by atoms with E-state index in [1.807, 2.05) is 11.6 Å². The summed E-state index contributed by atoms with van der Waals surface area (Å²) in [7, 11) is 1.74. The molecule has 0 fully saturated rings. The van der Waals surface area contributed by atoms with Crippen molar-refractivity contribution in [3.63, 3.8) is 0 Å². The van der Waals surface area contributed by atoms with E-state index < -0.39 is 0 Å². The molecule has 0 aromatic carbocycles. The van der Waals surface area contributed by atoms with Gasteiger partial charge in [-0.25, -0.2) is 0 Å². The lowest BCUT2D eigenvalue weighted by molar-refractivity contribution is 0.163. The summed E-state index contributed by atoms with van der Waals surface area (Å²) in [6.07, 6.45) is 1.06. The summed E-state index contributed by atoms with van der Waals surface area (Å²) in [5, 5.41) is 7.98. The van der Waals surface area contributed by atoms with E-state index in [-0.39, 0.29) is 0 Å². The van der Waals surface area contributed by atoms with Gasteiger partial charge in [-0.1, -0.05) is 6.92 Å². The zero-order valence-electron chi connectivity index (χ0n) is 11.1. The van der Waals surface area contributed by atoms with Crippen molar-refractivity contribution in [2.45, 2.75) is 46.3 Å². The molecule has 1 unspecified atom stereocenters. The summed E-state index contributed by atoms with van der Waals surface area (Å²) in [5.41, 5.74) is 2.25. The highest BCUT2D eigenvalue weighted by Crippen LogP contribution is 2.20. The molecule has 5 heteroatoms. The summed E-state index contributed by atoms with van der Waals surface area (Å²) in [6.45, 7) is 8.74. The number of methoxy groups -OCH3 is 1. The van der Waals surface area contributed by atoms with Crippen LogP contribution in [0.3, 0.4) is 0 Å². The van der Waals surface area contributed by atoms with Gasteiger partial charge in [0.15, 0.2) is 0 Å². The van der Waals surface area contributed by atoms with Gasteiger partial charge in [0.2, 0.25) is 0 Å². The monoisotopic (exact) mass is 303 g/mol. The van der Waals surface area contributed by atoms with E-state index in [2.05, 4.69) is 40.2 Å². The number of nitrogens with one attached hydrogen (secondary N) is 1. The quantitative estimate of drug-likeness (QED) is 0.841. The van der Waals surface area contributed by atoms with Gasteiger partial charge in [-0.15, -0.1) is 0 Å². The first-order chi connectivity index (χ1) is 8.13. The van der Waals surface area contributed by atoms with Crippen LogP contribution in [0.4, 0.5) is 0 Å². The molecule has 1 atom stereocenters. The van der Waals surface area contributed by atoms with E-state index in [1.165, 1.54) is 5.69 Å². The van der Waals surface area contributed by atoms with Gasteiger partial charge in [-0.05, 0) is 36.2 Å². The Morgan fingerprint density at radius 3 is 2.71 bits per heavy atom. The molecule has 0 spiro atoms. The fraction of sp³-hybridized carbons (Fsp3) is 0.750. The lowest BCUT2D eigenvalue weighted by Crippen LogP contribution is -2.32. The summed E-state index contributed by atoms with van der Waals surface area (Å²) >= 11 is 3.60. The number of aryl methyl sites for hydroxylation is 2. The zero-order valence-corrected chi connectivity index (χ0v) is 12.7. The minimum absolute atomic E-state index is 0.396. The Kier molecular flexibility index (Phi) is 6.16. The lowest BCUT2D eigenvalue weighted by atomic mass is 10.2. The second-order valence-corrected chi connectivity index (χ2v) is 4.90. The second-order valence-electron chi connectivity index (χ2n) is 4.10. The molecular weight excluding hydrogens is 282 g/mol. The zero-order chi connectivity index (χ0) is 12.8. The van der Waals surface area contributed by atoms with Crippen LogP contribution in [0, 0.1) is 6.92 Å². The Hall–Kier alpha value is -0.390. The standard InChI is InChI=1S/C12H22BrN3O/c1-5-10(8-17-4)14-7-11-12(13)9(3)15-16(11)6-2/h10,14H,5-8H2,1-4H3. The number of aromatic nitrogens is 2. The van der Waals surface area contributed by atoms with Crippen molar-refractivity contribution in [1.82, 2.24) is 15.1 Å². The molecular formula is C12H22BrN3O. The molecule has 1 aromatic rings. The van der Waals surface area contributed by atoms with Crippen LogP contribution in [-0.2, 0) is 17.8 Å². The summed E-state index contributed by atoms with van der Waals surface area (Å²) in [4.78, 5) is 0. The second kappa shape index (κ2) is 7.13. The van der Waals surface area contributed by atoms with Crippen LogP contribution in [0.2, 0.25) is 0 Å². The smallest absolute Gasteiger partial charge is 0.0739 e. The van der Waals surface area contributed by atoms with Crippen molar-refractivity contribution in [2.75, 3.05) is 13.7 Å². The average Bonchev–Trinajstić information content (AvgIpc) is 2.61. The highest BCUT2D eigenvalue weighted by Gasteiger charge is 2.13. The van der Waals surface area contributed by atoms with Crippen molar-refractivity contribution in [1.29, 1.82) is 0 Å². The molecule has 0 amide bonds. The van der Waals surface area contributed by atoms with Gasteiger partial charge >= 0.3 is 0 Å².